The predicted octanol–water partition coefficient (Wildman–Crippen LogP) is 2.23. The summed E-state index contributed by atoms with van der Waals surface area (Å²) >= 11 is 6.06. The summed E-state index contributed by atoms with van der Waals surface area (Å²) < 4.78 is 0. The van der Waals surface area contributed by atoms with E-state index in [0.29, 0.717) is 11.6 Å². The number of benzene rings is 1. The summed E-state index contributed by atoms with van der Waals surface area (Å²) in [6.45, 7) is 0.615. The van der Waals surface area contributed by atoms with Gasteiger partial charge < -0.3 is 10.7 Å². The van der Waals surface area contributed by atoms with Gasteiger partial charge in [-0.2, -0.15) is 0 Å². The zero-order chi connectivity index (χ0) is 10.7. The van der Waals surface area contributed by atoms with E-state index in [0.717, 1.165) is 23.5 Å². The minimum atomic E-state index is 0.615. The third-order valence-electron chi connectivity index (χ3n) is 2.17. The van der Waals surface area contributed by atoms with Crippen molar-refractivity contribution in [2.75, 3.05) is 6.54 Å². The van der Waals surface area contributed by atoms with Gasteiger partial charge in [-0.1, -0.05) is 23.7 Å². The highest BCUT2D eigenvalue weighted by atomic mass is 35.5. The maximum absolute atomic E-state index is 6.06. The lowest BCUT2D eigenvalue weighted by molar-refractivity contribution is 0.936. The summed E-state index contributed by atoms with van der Waals surface area (Å²) in [5.41, 5.74) is 7.42. The van der Waals surface area contributed by atoms with Crippen LogP contribution < -0.4 is 5.73 Å². The highest BCUT2D eigenvalue weighted by molar-refractivity contribution is 6.33. The molecule has 0 aliphatic heterocycles. The molecule has 1 heterocycles. The molecule has 3 N–H and O–H groups in total. The molecular weight excluding hydrogens is 210 g/mol. The average molecular weight is 222 g/mol. The van der Waals surface area contributed by atoms with Gasteiger partial charge in [-0.05, 0) is 18.7 Å². The summed E-state index contributed by atoms with van der Waals surface area (Å²) in [5.74, 6) is 0.795. The number of nitrogens with zero attached hydrogens (tertiary/aromatic N) is 1. The van der Waals surface area contributed by atoms with Crippen molar-refractivity contribution in [1.82, 2.24) is 9.97 Å². The number of hydrogen-bond acceptors (Lipinski definition) is 2. The fourth-order valence-corrected chi connectivity index (χ4v) is 1.66. The zero-order valence-corrected chi connectivity index (χ0v) is 8.96. The van der Waals surface area contributed by atoms with Crippen molar-refractivity contribution in [1.29, 1.82) is 0 Å². The summed E-state index contributed by atoms with van der Waals surface area (Å²) in [7, 11) is 0. The molecule has 2 rings (SSSR count). The fraction of sp³-hybridized carbons (Fsp3) is 0.182. The molecular formula is C11H12ClN3. The van der Waals surface area contributed by atoms with Gasteiger partial charge in [-0.25, -0.2) is 4.98 Å². The van der Waals surface area contributed by atoms with E-state index < -0.39 is 0 Å². The van der Waals surface area contributed by atoms with Gasteiger partial charge >= 0.3 is 0 Å². The van der Waals surface area contributed by atoms with Crippen molar-refractivity contribution in [2.45, 2.75) is 6.42 Å². The van der Waals surface area contributed by atoms with Crippen LogP contribution in [0.2, 0.25) is 5.02 Å². The Kier molecular flexibility index (Phi) is 3.04. The first kappa shape index (κ1) is 10.2. The minimum absolute atomic E-state index is 0.615. The van der Waals surface area contributed by atoms with Crippen LogP contribution in [0.3, 0.4) is 0 Å². The maximum Gasteiger partial charge on any atom is 0.138 e. The molecule has 2 aromatic rings. The van der Waals surface area contributed by atoms with Gasteiger partial charge in [-0.15, -0.1) is 0 Å². The molecule has 1 aromatic heterocycles. The Bertz CT molecular complexity index is 451. The van der Waals surface area contributed by atoms with Crippen molar-refractivity contribution in [3.05, 3.63) is 41.2 Å². The van der Waals surface area contributed by atoms with Crippen LogP contribution in [0.1, 0.15) is 5.69 Å². The van der Waals surface area contributed by atoms with Crippen LogP contribution in [0.5, 0.6) is 0 Å². The van der Waals surface area contributed by atoms with Crippen molar-refractivity contribution < 1.29 is 0 Å². The summed E-state index contributed by atoms with van der Waals surface area (Å²) in [6.07, 6.45) is 2.60. The number of imidazole rings is 1. The van der Waals surface area contributed by atoms with E-state index >= 15 is 0 Å². The van der Waals surface area contributed by atoms with Crippen molar-refractivity contribution in [2.24, 2.45) is 5.73 Å². The van der Waals surface area contributed by atoms with E-state index in [1.165, 1.54) is 0 Å². The molecule has 15 heavy (non-hydrogen) atoms. The van der Waals surface area contributed by atoms with Gasteiger partial charge in [0.2, 0.25) is 0 Å². The van der Waals surface area contributed by atoms with E-state index in [1.54, 1.807) is 6.20 Å². The molecule has 0 unspecified atom stereocenters. The number of nitrogens with two attached hydrogens (primary N) is 1. The second-order valence-corrected chi connectivity index (χ2v) is 3.68. The van der Waals surface area contributed by atoms with Gasteiger partial charge in [0, 0.05) is 23.9 Å². The Morgan fingerprint density at radius 3 is 2.87 bits per heavy atom. The average Bonchev–Trinajstić information content (AvgIpc) is 2.68. The van der Waals surface area contributed by atoms with Crippen molar-refractivity contribution in [3.63, 3.8) is 0 Å². The number of hydrogen-bond donors (Lipinski definition) is 2. The first-order valence-electron chi connectivity index (χ1n) is 4.80. The van der Waals surface area contributed by atoms with E-state index in [9.17, 15) is 0 Å². The maximum atomic E-state index is 6.06. The highest BCUT2D eigenvalue weighted by Gasteiger charge is 2.06. The molecule has 0 saturated carbocycles. The standard InChI is InChI=1S/C11H12ClN3/c12-10-4-2-1-3-9(10)11-14-7-8(15-11)5-6-13/h1-4,7H,5-6,13H2,(H,14,15). The van der Waals surface area contributed by atoms with E-state index in [-0.39, 0.29) is 0 Å². The number of aromatic nitrogens is 2. The number of aromatic amines is 1. The first-order valence-corrected chi connectivity index (χ1v) is 5.18. The summed E-state index contributed by atoms with van der Waals surface area (Å²) in [4.78, 5) is 7.47. The molecule has 4 heteroatoms. The Balaban J connectivity index is 2.33. The van der Waals surface area contributed by atoms with E-state index in [1.807, 2.05) is 24.3 Å². The molecule has 0 fully saturated rings. The molecule has 3 nitrogen and oxygen atoms in total. The number of nitrogens with one attached hydrogen (secondary N) is 1. The summed E-state index contributed by atoms with van der Waals surface area (Å²) in [6, 6.07) is 7.62. The normalized spacial score (nSPS) is 10.5. The highest BCUT2D eigenvalue weighted by Crippen LogP contribution is 2.24. The molecule has 0 aliphatic carbocycles. The molecule has 0 aliphatic rings. The van der Waals surface area contributed by atoms with Gasteiger partial charge in [0.05, 0.1) is 5.02 Å². The Labute approximate surface area is 93.3 Å². The minimum Gasteiger partial charge on any atom is -0.342 e. The van der Waals surface area contributed by atoms with E-state index in [2.05, 4.69) is 9.97 Å². The van der Waals surface area contributed by atoms with Crippen LogP contribution in [0.25, 0.3) is 11.4 Å². The number of H-pyrrole nitrogens is 1. The van der Waals surface area contributed by atoms with Crippen molar-refractivity contribution >= 4 is 11.6 Å². The van der Waals surface area contributed by atoms with Gasteiger partial charge in [0.25, 0.3) is 0 Å². The zero-order valence-electron chi connectivity index (χ0n) is 8.20. The molecule has 1 aromatic carbocycles. The number of rotatable bonds is 3. The Hall–Kier alpha value is -1.32. The summed E-state index contributed by atoms with van der Waals surface area (Å²) in [5, 5.41) is 0.700. The first-order chi connectivity index (χ1) is 7.31. The lowest BCUT2D eigenvalue weighted by atomic mass is 10.2. The molecule has 0 saturated heterocycles. The lowest BCUT2D eigenvalue weighted by Gasteiger charge is -1.99. The third-order valence-corrected chi connectivity index (χ3v) is 2.50. The topological polar surface area (TPSA) is 54.7 Å². The predicted molar refractivity (Wildman–Crippen MR) is 61.8 cm³/mol. The molecule has 0 atom stereocenters. The van der Waals surface area contributed by atoms with Crippen LogP contribution >= 0.6 is 11.6 Å². The monoisotopic (exact) mass is 221 g/mol. The van der Waals surface area contributed by atoms with E-state index in [4.69, 9.17) is 17.3 Å². The van der Waals surface area contributed by atoms with Gasteiger partial charge in [0.15, 0.2) is 0 Å². The largest absolute Gasteiger partial charge is 0.342 e. The van der Waals surface area contributed by atoms with Crippen LogP contribution in [-0.2, 0) is 6.42 Å². The molecule has 0 spiro atoms. The Morgan fingerprint density at radius 2 is 2.13 bits per heavy atom. The second kappa shape index (κ2) is 4.47. The smallest absolute Gasteiger partial charge is 0.138 e. The lowest BCUT2D eigenvalue weighted by Crippen LogP contribution is -2.02. The van der Waals surface area contributed by atoms with Gasteiger partial charge in [0.1, 0.15) is 5.82 Å². The van der Waals surface area contributed by atoms with Crippen LogP contribution in [0, 0.1) is 0 Å². The number of halogens is 1. The fourth-order valence-electron chi connectivity index (χ4n) is 1.43. The molecule has 0 radical (unpaired) electrons. The third kappa shape index (κ3) is 2.19. The van der Waals surface area contributed by atoms with Crippen LogP contribution in [0.4, 0.5) is 0 Å². The van der Waals surface area contributed by atoms with Gasteiger partial charge in [-0.3, -0.25) is 0 Å². The molecule has 78 valence electrons. The Morgan fingerprint density at radius 1 is 1.33 bits per heavy atom. The van der Waals surface area contributed by atoms with Crippen LogP contribution in [0.15, 0.2) is 30.5 Å². The second-order valence-electron chi connectivity index (χ2n) is 3.28. The van der Waals surface area contributed by atoms with Crippen molar-refractivity contribution in [3.8, 4) is 11.4 Å². The molecule has 0 amide bonds. The van der Waals surface area contributed by atoms with Crippen LogP contribution in [-0.4, -0.2) is 16.5 Å². The quantitative estimate of drug-likeness (QED) is 0.835. The SMILES string of the molecule is NCCc1cnc(-c2ccccc2Cl)[nH]1. The molecule has 0 bridgehead atoms.